The van der Waals surface area contributed by atoms with Gasteiger partial charge in [-0.25, -0.2) is 0 Å². The second-order valence-corrected chi connectivity index (χ2v) is 3.02. The minimum atomic E-state index is 0. The molecule has 3 N–H and O–H groups in total. The summed E-state index contributed by atoms with van der Waals surface area (Å²) in [7, 11) is 0. The Hall–Kier alpha value is -1.38. The van der Waals surface area contributed by atoms with Gasteiger partial charge >= 0.3 is 0 Å². The molecule has 0 spiro atoms. The summed E-state index contributed by atoms with van der Waals surface area (Å²) in [4.78, 5) is 2.96. The first-order valence-electron chi connectivity index (χ1n) is 3.93. The van der Waals surface area contributed by atoms with Crippen molar-refractivity contribution >= 4 is 11.9 Å². The topological polar surface area (TPSA) is 63.5 Å². The van der Waals surface area contributed by atoms with Crippen molar-refractivity contribution in [3.8, 4) is 0 Å². The molecule has 0 radical (unpaired) electrons. The third-order valence-electron chi connectivity index (χ3n) is 1.78. The van der Waals surface area contributed by atoms with E-state index in [2.05, 4.69) is 4.98 Å². The summed E-state index contributed by atoms with van der Waals surface area (Å²) in [5, 5.41) is 14.8. The second-order valence-electron chi connectivity index (χ2n) is 3.02. The molecule has 0 aliphatic carbocycles. The third-order valence-corrected chi connectivity index (χ3v) is 1.78. The van der Waals surface area contributed by atoms with Crippen molar-refractivity contribution < 1.29 is 1.43 Å². The van der Waals surface area contributed by atoms with Crippen LogP contribution < -0.4 is 0 Å². The Labute approximate surface area is 73.3 Å². The lowest BCUT2D eigenvalue weighted by atomic mass is 10.0. The fourth-order valence-corrected chi connectivity index (χ4v) is 1.02. The van der Waals surface area contributed by atoms with Gasteiger partial charge in [0.1, 0.15) is 0 Å². The molecular weight excluding hydrogens is 150 g/mol. The molecule has 1 heterocycles. The number of rotatable bonds is 3. The Morgan fingerprint density at radius 2 is 2.33 bits per heavy atom. The van der Waals surface area contributed by atoms with Crippen molar-refractivity contribution in [2.75, 3.05) is 0 Å². The highest BCUT2D eigenvalue weighted by Gasteiger charge is 2.10. The molecule has 0 atom stereocenters. The van der Waals surface area contributed by atoms with Crippen LogP contribution in [0, 0.1) is 16.7 Å². The molecule has 12 heavy (non-hydrogen) atoms. The average Bonchev–Trinajstić information content (AvgIpc) is 2.49. The first-order chi connectivity index (χ1) is 5.66. The van der Waals surface area contributed by atoms with Crippen LogP contribution in [0.3, 0.4) is 0 Å². The van der Waals surface area contributed by atoms with E-state index in [0.717, 1.165) is 11.3 Å². The van der Waals surface area contributed by atoms with E-state index in [9.17, 15) is 0 Å². The summed E-state index contributed by atoms with van der Waals surface area (Å²) in [5.41, 5.74) is 2.10. The Morgan fingerprint density at radius 1 is 1.67 bits per heavy atom. The molecule has 0 aliphatic rings. The van der Waals surface area contributed by atoms with Crippen molar-refractivity contribution in [3.05, 3.63) is 23.5 Å². The summed E-state index contributed by atoms with van der Waals surface area (Å²) < 4.78 is 0. The third kappa shape index (κ3) is 1.44. The molecule has 3 heteroatoms. The smallest absolute Gasteiger partial charge is 0.0683 e. The molecule has 0 fully saturated rings. The van der Waals surface area contributed by atoms with E-state index < -0.39 is 0 Å². The van der Waals surface area contributed by atoms with Crippen LogP contribution in [0.5, 0.6) is 0 Å². The first-order valence-corrected chi connectivity index (χ1v) is 3.93. The number of aromatic nitrogens is 1. The first kappa shape index (κ1) is 8.71. The number of H-pyrrole nitrogens is 1. The van der Waals surface area contributed by atoms with E-state index >= 15 is 0 Å². The monoisotopic (exact) mass is 165 g/mol. The molecule has 0 aromatic carbocycles. The summed E-state index contributed by atoms with van der Waals surface area (Å²) in [5.74, 6) is 0.197. The zero-order chi connectivity index (χ0) is 9.14. The van der Waals surface area contributed by atoms with Gasteiger partial charge < -0.3 is 15.8 Å². The van der Waals surface area contributed by atoms with Crippen LogP contribution in [0.4, 0.5) is 0 Å². The average molecular weight is 165 g/mol. The Kier molecular flexibility index (Phi) is 2.43. The maximum Gasteiger partial charge on any atom is 0.0683 e. The predicted molar refractivity (Wildman–Crippen MR) is 52.5 cm³/mol. The molecule has 0 unspecified atom stereocenters. The van der Waals surface area contributed by atoms with Crippen molar-refractivity contribution in [3.63, 3.8) is 0 Å². The molecule has 3 nitrogen and oxygen atoms in total. The number of aromatic amines is 1. The van der Waals surface area contributed by atoms with Gasteiger partial charge in [0.05, 0.1) is 11.4 Å². The molecule has 1 aromatic rings. The minimum Gasteiger partial charge on any atom is -0.360 e. The number of hydrogen-bond acceptors (Lipinski definition) is 2. The number of nitrogens with one attached hydrogen (secondary N) is 3. The molecule has 0 amide bonds. The quantitative estimate of drug-likeness (QED) is 0.575. The summed E-state index contributed by atoms with van der Waals surface area (Å²) >= 11 is 0. The van der Waals surface area contributed by atoms with Gasteiger partial charge in [0.25, 0.3) is 0 Å². The van der Waals surface area contributed by atoms with Crippen LogP contribution in [-0.4, -0.2) is 16.9 Å². The standard InChI is InChI=1S/C9H13N3.H2/c1-6(2)8(11)9-7(5-10)3-4-12-9;/h3-6,10-12H,1-2H3;1H. The fraction of sp³-hybridized carbons (Fsp3) is 0.333. The Balaban J connectivity index is 0.00000144. The molecule has 1 rings (SSSR count). The Bertz CT molecular complexity index is 302. The molecule has 0 bridgehead atoms. The maximum atomic E-state index is 7.71. The van der Waals surface area contributed by atoms with Gasteiger partial charge in [0.15, 0.2) is 0 Å². The molecule has 1 aromatic heterocycles. The highest BCUT2D eigenvalue weighted by atomic mass is 14.7. The van der Waals surface area contributed by atoms with Crippen LogP contribution in [-0.2, 0) is 0 Å². The molecule has 0 saturated heterocycles. The normalized spacial score (nSPS) is 10.2. The second kappa shape index (κ2) is 3.34. The van der Waals surface area contributed by atoms with Gasteiger partial charge in [0, 0.05) is 19.4 Å². The van der Waals surface area contributed by atoms with E-state index in [1.165, 1.54) is 6.21 Å². The lowest BCUT2D eigenvalue weighted by molar-refractivity contribution is 0.873. The molecular formula is C9H15N3. The fourth-order valence-electron chi connectivity index (χ4n) is 1.02. The highest BCUT2D eigenvalue weighted by Crippen LogP contribution is 2.09. The largest absolute Gasteiger partial charge is 0.360 e. The van der Waals surface area contributed by atoms with Gasteiger partial charge in [-0.2, -0.15) is 0 Å². The van der Waals surface area contributed by atoms with Gasteiger partial charge in [-0.15, -0.1) is 0 Å². The molecule has 0 aliphatic heterocycles. The SMILES string of the molecule is CC(C)C(=N)c1[nH]ccc1C=N.[HH]. The van der Waals surface area contributed by atoms with Gasteiger partial charge in [0.2, 0.25) is 0 Å². The summed E-state index contributed by atoms with van der Waals surface area (Å²) in [6.45, 7) is 3.94. The Morgan fingerprint density at radius 3 is 2.83 bits per heavy atom. The van der Waals surface area contributed by atoms with Crippen LogP contribution >= 0.6 is 0 Å². The van der Waals surface area contributed by atoms with E-state index in [1.807, 2.05) is 13.8 Å². The van der Waals surface area contributed by atoms with E-state index in [0.29, 0.717) is 5.71 Å². The zero-order valence-corrected chi connectivity index (χ0v) is 7.31. The molecule has 66 valence electrons. The van der Waals surface area contributed by atoms with E-state index in [-0.39, 0.29) is 7.34 Å². The van der Waals surface area contributed by atoms with Crippen LogP contribution in [0.25, 0.3) is 0 Å². The lowest BCUT2D eigenvalue weighted by Crippen LogP contribution is -2.09. The van der Waals surface area contributed by atoms with Gasteiger partial charge in [-0.3, -0.25) is 0 Å². The van der Waals surface area contributed by atoms with Crippen LogP contribution in [0.1, 0.15) is 26.5 Å². The molecule has 0 saturated carbocycles. The zero-order valence-electron chi connectivity index (χ0n) is 7.31. The van der Waals surface area contributed by atoms with Crippen molar-refractivity contribution in [1.82, 2.24) is 4.98 Å². The summed E-state index contributed by atoms with van der Waals surface area (Å²) in [6.07, 6.45) is 3.02. The van der Waals surface area contributed by atoms with E-state index in [1.54, 1.807) is 12.3 Å². The van der Waals surface area contributed by atoms with E-state index in [4.69, 9.17) is 10.8 Å². The summed E-state index contributed by atoms with van der Waals surface area (Å²) in [6, 6.07) is 1.80. The van der Waals surface area contributed by atoms with Gasteiger partial charge in [-0.1, -0.05) is 13.8 Å². The van der Waals surface area contributed by atoms with Gasteiger partial charge in [-0.05, 0) is 12.0 Å². The van der Waals surface area contributed by atoms with Crippen LogP contribution in [0.2, 0.25) is 0 Å². The van der Waals surface area contributed by atoms with Crippen molar-refractivity contribution in [1.29, 1.82) is 10.8 Å². The predicted octanol–water partition coefficient (Wildman–Crippen LogP) is 2.28. The van der Waals surface area contributed by atoms with Crippen LogP contribution in [0.15, 0.2) is 12.3 Å². The lowest BCUT2D eigenvalue weighted by Gasteiger charge is -2.05. The van der Waals surface area contributed by atoms with Crippen molar-refractivity contribution in [2.24, 2.45) is 5.92 Å². The highest BCUT2D eigenvalue weighted by molar-refractivity contribution is 6.04. The number of hydrogen-bond donors (Lipinski definition) is 3. The van der Waals surface area contributed by atoms with Crippen molar-refractivity contribution in [2.45, 2.75) is 13.8 Å². The maximum absolute atomic E-state index is 7.71. The minimum absolute atomic E-state index is 0.